The summed E-state index contributed by atoms with van der Waals surface area (Å²) in [5.41, 5.74) is 0.582. The number of carbonyl (C=O) groups is 1. The maximum Gasteiger partial charge on any atom is 0.338 e. The highest BCUT2D eigenvalue weighted by molar-refractivity contribution is 9.10. The molecule has 1 aliphatic heterocycles. The van der Waals surface area contributed by atoms with E-state index in [1.165, 1.54) is 4.90 Å². The van der Waals surface area contributed by atoms with Crippen molar-refractivity contribution in [3.63, 3.8) is 0 Å². The molecule has 1 atom stereocenters. The van der Waals surface area contributed by atoms with Crippen molar-refractivity contribution in [1.29, 1.82) is 0 Å². The Morgan fingerprint density at radius 2 is 2.15 bits per heavy atom. The zero-order chi connectivity index (χ0) is 13.7. The van der Waals surface area contributed by atoms with E-state index in [2.05, 4.69) is 15.9 Å². The lowest BCUT2D eigenvalue weighted by Crippen LogP contribution is -3.15. The number of carbonyl (C=O) groups excluding carboxylic acids is 1. The Labute approximate surface area is 134 Å². The van der Waals surface area contributed by atoms with E-state index in [1.807, 2.05) is 19.1 Å². The van der Waals surface area contributed by atoms with Gasteiger partial charge in [0.15, 0.2) is 0 Å². The van der Waals surface area contributed by atoms with Crippen LogP contribution in [0, 0.1) is 0 Å². The van der Waals surface area contributed by atoms with Gasteiger partial charge in [0.25, 0.3) is 0 Å². The number of halogens is 2. The Bertz CT molecular complexity index is 438. The minimum atomic E-state index is -0.263. The first kappa shape index (κ1) is 17.4. The molecule has 2 rings (SSSR count). The first-order valence-electron chi connectivity index (χ1n) is 6.53. The molecule has 1 aromatic rings. The summed E-state index contributed by atoms with van der Waals surface area (Å²) in [5.74, 6) is -0.263. The summed E-state index contributed by atoms with van der Waals surface area (Å²) in [6, 6.07) is 7.26. The van der Waals surface area contributed by atoms with E-state index < -0.39 is 0 Å². The molecule has 1 aromatic carbocycles. The Kier molecular flexibility index (Phi) is 7.51. The predicted octanol–water partition coefficient (Wildman–Crippen LogP) is -2.09. The van der Waals surface area contributed by atoms with E-state index in [4.69, 9.17) is 9.47 Å². The molecular formula is C14H19BrClNO3. The molecule has 1 unspecified atom stereocenters. The number of ether oxygens (including phenoxy) is 2. The average Bonchev–Trinajstić information content (AvgIpc) is 2.39. The van der Waals surface area contributed by atoms with E-state index in [-0.39, 0.29) is 24.5 Å². The third-order valence-corrected chi connectivity index (χ3v) is 3.64. The second kappa shape index (κ2) is 8.62. The molecule has 0 saturated carbocycles. The van der Waals surface area contributed by atoms with Gasteiger partial charge >= 0.3 is 5.97 Å². The monoisotopic (exact) mass is 363 g/mol. The number of hydrogen-bond donors (Lipinski definition) is 1. The average molecular weight is 365 g/mol. The third-order valence-electron chi connectivity index (χ3n) is 3.14. The van der Waals surface area contributed by atoms with Gasteiger partial charge < -0.3 is 26.8 Å². The van der Waals surface area contributed by atoms with E-state index in [9.17, 15) is 4.79 Å². The lowest BCUT2D eigenvalue weighted by molar-refractivity contribution is -0.910. The van der Waals surface area contributed by atoms with E-state index >= 15 is 0 Å². The first-order chi connectivity index (χ1) is 9.15. The summed E-state index contributed by atoms with van der Waals surface area (Å²) in [4.78, 5) is 13.4. The van der Waals surface area contributed by atoms with Crippen molar-refractivity contribution in [2.75, 3.05) is 32.8 Å². The first-order valence-corrected chi connectivity index (χ1v) is 7.32. The van der Waals surface area contributed by atoms with Gasteiger partial charge in [0.05, 0.1) is 18.8 Å². The molecular weight excluding hydrogens is 346 g/mol. The number of esters is 1. The summed E-state index contributed by atoms with van der Waals surface area (Å²) < 4.78 is 11.7. The third kappa shape index (κ3) is 5.40. The van der Waals surface area contributed by atoms with Crippen molar-refractivity contribution in [2.24, 2.45) is 0 Å². The molecule has 0 aromatic heterocycles. The van der Waals surface area contributed by atoms with Gasteiger partial charge in [-0.2, -0.15) is 0 Å². The van der Waals surface area contributed by atoms with Crippen LogP contribution in [-0.4, -0.2) is 44.9 Å². The van der Waals surface area contributed by atoms with E-state index in [0.29, 0.717) is 5.56 Å². The van der Waals surface area contributed by atoms with Crippen LogP contribution in [-0.2, 0) is 9.47 Å². The molecule has 0 amide bonds. The molecule has 112 valence electrons. The number of quaternary nitrogens is 1. The molecule has 1 N–H and O–H groups in total. The van der Waals surface area contributed by atoms with Crippen molar-refractivity contribution < 1.29 is 31.6 Å². The Morgan fingerprint density at radius 1 is 1.45 bits per heavy atom. The maximum absolute atomic E-state index is 12.0. The fraction of sp³-hybridized carbons (Fsp3) is 0.500. The fourth-order valence-electron chi connectivity index (χ4n) is 2.18. The van der Waals surface area contributed by atoms with Crippen molar-refractivity contribution in [1.82, 2.24) is 0 Å². The molecule has 20 heavy (non-hydrogen) atoms. The van der Waals surface area contributed by atoms with Gasteiger partial charge in [-0.1, -0.05) is 22.0 Å². The van der Waals surface area contributed by atoms with Crippen molar-refractivity contribution in [3.05, 3.63) is 34.3 Å². The lowest BCUT2D eigenvalue weighted by atomic mass is 10.2. The minimum absolute atomic E-state index is 0. The molecule has 0 radical (unpaired) electrons. The standard InChI is InChI=1S/C14H18BrNO3.ClH/c1-11(10-16-5-7-18-8-6-16)19-14(17)12-3-2-4-13(15)9-12;/h2-4,9,11H,5-8,10H2,1H3;1H. The Morgan fingerprint density at radius 3 is 2.80 bits per heavy atom. The lowest BCUT2D eigenvalue weighted by Gasteiger charge is -2.26. The predicted molar refractivity (Wildman–Crippen MR) is 75.4 cm³/mol. The molecule has 1 saturated heterocycles. The van der Waals surface area contributed by atoms with Crippen LogP contribution in [0.1, 0.15) is 17.3 Å². The Hall–Kier alpha value is -0.620. The molecule has 0 bridgehead atoms. The van der Waals surface area contributed by atoms with Gasteiger partial charge in [0.2, 0.25) is 0 Å². The summed E-state index contributed by atoms with van der Waals surface area (Å²) in [6.45, 7) is 6.34. The summed E-state index contributed by atoms with van der Waals surface area (Å²) in [6.07, 6.45) is -0.0837. The summed E-state index contributed by atoms with van der Waals surface area (Å²) in [7, 11) is 0. The highest BCUT2D eigenvalue weighted by Crippen LogP contribution is 2.12. The van der Waals surface area contributed by atoms with Gasteiger partial charge in [-0.05, 0) is 25.1 Å². The number of rotatable bonds is 4. The van der Waals surface area contributed by atoms with Crippen LogP contribution in [0.2, 0.25) is 0 Å². The number of morpholine rings is 1. The summed E-state index contributed by atoms with van der Waals surface area (Å²) in [5, 5.41) is 0. The van der Waals surface area contributed by atoms with Crippen molar-refractivity contribution in [2.45, 2.75) is 13.0 Å². The molecule has 1 aliphatic rings. The van der Waals surface area contributed by atoms with Crippen LogP contribution in [0.3, 0.4) is 0 Å². The second-order valence-corrected chi connectivity index (χ2v) is 5.71. The largest absolute Gasteiger partial charge is 1.00 e. The number of benzene rings is 1. The van der Waals surface area contributed by atoms with Gasteiger partial charge in [-0.3, -0.25) is 0 Å². The highest BCUT2D eigenvalue weighted by atomic mass is 79.9. The second-order valence-electron chi connectivity index (χ2n) is 4.79. The molecule has 0 spiro atoms. The zero-order valence-corrected chi connectivity index (χ0v) is 13.7. The van der Waals surface area contributed by atoms with Crippen LogP contribution >= 0.6 is 15.9 Å². The van der Waals surface area contributed by atoms with Crippen LogP contribution in [0.25, 0.3) is 0 Å². The topological polar surface area (TPSA) is 40.0 Å². The fourth-order valence-corrected chi connectivity index (χ4v) is 2.58. The number of hydrogen-bond acceptors (Lipinski definition) is 3. The van der Waals surface area contributed by atoms with Gasteiger partial charge in [0.1, 0.15) is 25.7 Å². The number of nitrogens with one attached hydrogen (secondary N) is 1. The quantitative estimate of drug-likeness (QED) is 0.623. The van der Waals surface area contributed by atoms with Crippen LogP contribution in [0.15, 0.2) is 28.7 Å². The van der Waals surface area contributed by atoms with E-state index in [1.54, 1.807) is 12.1 Å². The highest BCUT2D eigenvalue weighted by Gasteiger charge is 2.20. The Balaban J connectivity index is 0.00000200. The zero-order valence-electron chi connectivity index (χ0n) is 11.4. The van der Waals surface area contributed by atoms with Crippen LogP contribution in [0.5, 0.6) is 0 Å². The minimum Gasteiger partial charge on any atom is -1.00 e. The normalized spacial score (nSPS) is 17.1. The maximum atomic E-state index is 12.0. The molecule has 6 heteroatoms. The SMILES string of the molecule is CC(C[NH+]1CCOCC1)OC(=O)c1cccc(Br)c1.[Cl-]. The molecule has 1 fully saturated rings. The van der Waals surface area contributed by atoms with Crippen LogP contribution < -0.4 is 17.3 Å². The smallest absolute Gasteiger partial charge is 0.338 e. The van der Waals surface area contributed by atoms with E-state index in [0.717, 1.165) is 37.3 Å². The molecule has 0 aliphatic carbocycles. The molecule has 1 heterocycles. The molecule has 4 nitrogen and oxygen atoms in total. The summed E-state index contributed by atoms with van der Waals surface area (Å²) >= 11 is 3.35. The van der Waals surface area contributed by atoms with Crippen molar-refractivity contribution >= 4 is 21.9 Å². The van der Waals surface area contributed by atoms with Gasteiger partial charge in [-0.25, -0.2) is 4.79 Å². The van der Waals surface area contributed by atoms with Gasteiger partial charge in [0, 0.05) is 4.47 Å². The van der Waals surface area contributed by atoms with Crippen LogP contribution in [0.4, 0.5) is 0 Å². The van der Waals surface area contributed by atoms with Gasteiger partial charge in [-0.15, -0.1) is 0 Å². The van der Waals surface area contributed by atoms with Crippen molar-refractivity contribution in [3.8, 4) is 0 Å².